The number of ether oxygens (including phenoxy) is 3. The molecule has 6 nitrogen and oxygen atoms in total. The van der Waals surface area contributed by atoms with Gasteiger partial charge in [-0.25, -0.2) is 4.79 Å². The first-order chi connectivity index (χ1) is 9.53. The second kappa shape index (κ2) is 7.69. The predicted octanol–water partition coefficient (Wildman–Crippen LogP) is 3.33. The average Bonchev–Trinajstić information content (AvgIpc) is 2.44. The molecule has 1 aromatic carbocycles. The third kappa shape index (κ3) is 4.09. The summed E-state index contributed by atoms with van der Waals surface area (Å²) in [7, 11) is 1.45. The lowest BCUT2D eigenvalue weighted by Gasteiger charge is -2.14. The van der Waals surface area contributed by atoms with E-state index in [1.54, 1.807) is 19.9 Å². The lowest BCUT2D eigenvalue weighted by atomic mass is 10.1. The zero-order chi connectivity index (χ0) is 15.1. The summed E-state index contributed by atoms with van der Waals surface area (Å²) in [4.78, 5) is 22.1. The molecule has 1 atom stereocenters. The quantitative estimate of drug-likeness (QED) is 0.439. The minimum atomic E-state index is -0.509. The summed E-state index contributed by atoms with van der Waals surface area (Å²) in [6.07, 6.45) is 0. The van der Waals surface area contributed by atoms with Crippen molar-refractivity contribution in [2.75, 3.05) is 20.3 Å². The second-order valence-corrected chi connectivity index (χ2v) is 4.52. The lowest BCUT2D eigenvalue weighted by molar-refractivity contribution is -0.145. The highest BCUT2D eigenvalue weighted by molar-refractivity contribution is 6.21. The molecule has 0 aliphatic carbocycles. The fourth-order valence-electron chi connectivity index (χ4n) is 1.57. The summed E-state index contributed by atoms with van der Waals surface area (Å²) in [5.41, 5.74) is 0.675. The Morgan fingerprint density at radius 3 is 2.60 bits per heavy atom. The maximum absolute atomic E-state index is 11.3. The molecule has 7 heteroatoms. The van der Waals surface area contributed by atoms with E-state index in [4.69, 9.17) is 25.8 Å². The third-order valence-corrected chi connectivity index (χ3v) is 2.73. The minimum absolute atomic E-state index is 0.146. The highest BCUT2D eigenvalue weighted by Gasteiger charge is 2.16. The molecule has 0 amide bonds. The van der Waals surface area contributed by atoms with Crippen LogP contribution in [0.25, 0.3) is 0 Å². The number of benzene rings is 1. The van der Waals surface area contributed by atoms with Gasteiger partial charge in [0.25, 0.3) is 0 Å². The summed E-state index contributed by atoms with van der Waals surface area (Å²) >= 11 is 5.97. The fourth-order valence-corrected chi connectivity index (χ4v) is 1.75. The van der Waals surface area contributed by atoms with Crippen LogP contribution in [0.3, 0.4) is 0 Å². The third-order valence-electron chi connectivity index (χ3n) is 2.49. The topological polar surface area (TPSA) is 74.2 Å². The number of nitroso groups, excluding NO2 is 1. The van der Waals surface area contributed by atoms with Crippen molar-refractivity contribution in [3.05, 3.63) is 22.6 Å². The normalized spacial score (nSPS) is 11.6. The van der Waals surface area contributed by atoms with Crippen LogP contribution in [0.2, 0.25) is 0 Å². The molecule has 0 aliphatic rings. The van der Waals surface area contributed by atoms with Crippen LogP contribution in [0.5, 0.6) is 11.5 Å². The van der Waals surface area contributed by atoms with Crippen LogP contribution in [-0.2, 0) is 9.53 Å². The zero-order valence-corrected chi connectivity index (χ0v) is 12.3. The van der Waals surface area contributed by atoms with E-state index in [9.17, 15) is 9.70 Å². The van der Waals surface area contributed by atoms with Crippen molar-refractivity contribution in [1.82, 2.24) is 0 Å². The number of nitrogens with zero attached hydrogens (tertiary/aromatic N) is 1. The number of esters is 1. The van der Waals surface area contributed by atoms with E-state index >= 15 is 0 Å². The Labute approximate surface area is 121 Å². The zero-order valence-electron chi connectivity index (χ0n) is 11.5. The minimum Gasteiger partial charge on any atom is -0.493 e. The van der Waals surface area contributed by atoms with Gasteiger partial charge in [0.2, 0.25) is 0 Å². The highest BCUT2D eigenvalue weighted by Crippen LogP contribution is 2.39. The van der Waals surface area contributed by atoms with Crippen LogP contribution in [0.1, 0.15) is 24.8 Å². The van der Waals surface area contributed by atoms with Gasteiger partial charge in [0, 0.05) is 11.6 Å². The van der Waals surface area contributed by atoms with Crippen molar-refractivity contribution in [2.24, 2.45) is 5.18 Å². The number of methoxy groups -OCH3 is 1. The Morgan fingerprint density at radius 1 is 1.40 bits per heavy atom. The van der Waals surface area contributed by atoms with Crippen molar-refractivity contribution in [3.63, 3.8) is 0 Å². The molecule has 0 saturated carbocycles. The van der Waals surface area contributed by atoms with Gasteiger partial charge in [0.15, 0.2) is 18.1 Å². The van der Waals surface area contributed by atoms with E-state index in [0.717, 1.165) is 0 Å². The molecule has 20 heavy (non-hydrogen) atoms. The van der Waals surface area contributed by atoms with Gasteiger partial charge >= 0.3 is 5.97 Å². The predicted molar refractivity (Wildman–Crippen MR) is 74.8 cm³/mol. The smallest absolute Gasteiger partial charge is 0.344 e. The number of halogens is 1. The Hall–Kier alpha value is -1.82. The molecule has 1 rings (SSSR count). The molecule has 0 bridgehead atoms. The standard InChI is InChI=1S/C13H16ClNO5/c1-4-19-13(16)7-20-12-6-10(15-17)9(8(2)14)5-11(12)18-3/h5-6,8H,4,7H2,1-3H3. The van der Waals surface area contributed by atoms with Crippen molar-refractivity contribution >= 4 is 23.3 Å². The number of carbonyl (C=O) groups is 1. The molecule has 0 aromatic heterocycles. The van der Waals surface area contributed by atoms with Crippen LogP contribution in [0.15, 0.2) is 17.3 Å². The van der Waals surface area contributed by atoms with Crippen molar-refractivity contribution < 1.29 is 19.0 Å². The van der Waals surface area contributed by atoms with E-state index < -0.39 is 11.3 Å². The molecule has 0 heterocycles. The van der Waals surface area contributed by atoms with Gasteiger partial charge in [-0.05, 0) is 25.1 Å². The van der Waals surface area contributed by atoms with Gasteiger partial charge in [0.1, 0.15) is 5.69 Å². The summed E-state index contributed by atoms with van der Waals surface area (Å²) in [6, 6.07) is 2.95. The molecule has 1 unspecified atom stereocenters. The first-order valence-corrected chi connectivity index (χ1v) is 6.44. The van der Waals surface area contributed by atoms with Crippen LogP contribution in [0, 0.1) is 4.91 Å². The Balaban J connectivity index is 3.00. The van der Waals surface area contributed by atoms with Crippen molar-refractivity contribution in [3.8, 4) is 11.5 Å². The Kier molecular flexibility index (Phi) is 6.24. The Morgan fingerprint density at radius 2 is 2.10 bits per heavy atom. The van der Waals surface area contributed by atoms with Gasteiger partial charge in [-0.1, -0.05) is 0 Å². The largest absolute Gasteiger partial charge is 0.493 e. The number of rotatable bonds is 7. The second-order valence-electron chi connectivity index (χ2n) is 3.86. The molecule has 0 N–H and O–H groups in total. The monoisotopic (exact) mass is 301 g/mol. The van der Waals surface area contributed by atoms with Crippen LogP contribution in [-0.4, -0.2) is 26.3 Å². The number of hydrogen-bond acceptors (Lipinski definition) is 6. The fraction of sp³-hybridized carbons (Fsp3) is 0.462. The van der Waals surface area contributed by atoms with Gasteiger partial charge < -0.3 is 14.2 Å². The first kappa shape index (κ1) is 16.2. The molecule has 110 valence electrons. The SMILES string of the molecule is CCOC(=O)COc1cc(N=O)c(C(C)Cl)cc1OC. The van der Waals surface area contributed by atoms with E-state index in [0.29, 0.717) is 11.3 Å². The maximum atomic E-state index is 11.3. The van der Waals surface area contributed by atoms with Gasteiger partial charge in [-0.15, -0.1) is 16.5 Å². The van der Waals surface area contributed by atoms with Crippen molar-refractivity contribution in [1.29, 1.82) is 0 Å². The van der Waals surface area contributed by atoms with Gasteiger partial charge in [-0.3, -0.25) is 0 Å². The van der Waals surface area contributed by atoms with Crippen LogP contribution in [0.4, 0.5) is 5.69 Å². The maximum Gasteiger partial charge on any atom is 0.344 e. The Bertz CT molecular complexity index is 490. The molecule has 0 fully saturated rings. The van der Waals surface area contributed by atoms with E-state index in [-0.39, 0.29) is 24.7 Å². The van der Waals surface area contributed by atoms with Crippen molar-refractivity contribution in [2.45, 2.75) is 19.2 Å². The molecule has 1 aromatic rings. The molecule has 0 saturated heterocycles. The number of carbonyl (C=O) groups excluding carboxylic acids is 1. The summed E-state index contributed by atoms with van der Waals surface area (Å²) in [5, 5.41) is 2.50. The van der Waals surface area contributed by atoms with E-state index in [1.807, 2.05) is 0 Å². The molecule has 0 aliphatic heterocycles. The molecule has 0 radical (unpaired) electrons. The summed E-state index contributed by atoms with van der Waals surface area (Å²) in [6.45, 7) is 3.40. The number of hydrogen-bond donors (Lipinski definition) is 0. The van der Waals surface area contributed by atoms with Gasteiger partial charge in [-0.2, -0.15) is 0 Å². The highest BCUT2D eigenvalue weighted by atomic mass is 35.5. The summed E-state index contributed by atoms with van der Waals surface area (Å²) < 4.78 is 15.2. The number of alkyl halides is 1. The van der Waals surface area contributed by atoms with E-state index in [2.05, 4.69) is 5.18 Å². The molecular formula is C13H16ClNO5. The first-order valence-electron chi connectivity index (χ1n) is 6.01. The van der Waals surface area contributed by atoms with Crippen LogP contribution < -0.4 is 9.47 Å². The summed E-state index contributed by atoms with van der Waals surface area (Å²) in [5.74, 6) is 0.0883. The molecule has 0 spiro atoms. The van der Waals surface area contributed by atoms with Gasteiger partial charge in [0.05, 0.1) is 19.1 Å². The molecular weight excluding hydrogens is 286 g/mol. The van der Waals surface area contributed by atoms with Crippen LogP contribution >= 0.6 is 11.6 Å². The lowest BCUT2D eigenvalue weighted by Crippen LogP contribution is -2.15. The average molecular weight is 302 g/mol. The van der Waals surface area contributed by atoms with E-state index in [1.165, 1.54) is 13.2 Å².